The van der Waals surface area contributed by atoms with Crippen molar-refractivity contribution < 1.29 is 14.7 Å². The molecule has 2 N–H and O–H groups in total. The highest BCUT2D eigenvalue weighted by Crippen LogP contribution is 2.40. The number of thiazole rings is 1. The summed E-state index contributed by atoms with van der Waals surface area (Å²) in [6.45, 7) is 0.159. The van der Waals surface area contributed by atoms with E-state index in [-0.39, 0.29) is 18.0 Å². The van der Waals surface area contributed by atoms with E-state index < -0.39 is 11.5 Å². The Kier molecular flexibility index (Phi) is 7.57. The molecule has 0 radical (unpaired) electrons. The SMILES string of the molecule is O=C(O)C(=NOCc1ccccc1)c1csc(NC(c2ccccc2)(c2ccccc2)c2ccccc2)n1. The molecule has 38 heavy (non-hydrogen) atoms. The number of aliphatic carboxylic acids is 1. The number of anilines is 1. The zero-order valence-corrected chi connectivity index (χ0v) is 21.2. The standard InChI is InChI=1S/C31H25N3O3S/c35-29(36)28(34-37-21-23-13-5-1-6-14-23)27-22-38-30(32-27)33-31(24-15-7-2-8-16-24,25-17-9-3-10-18-25)26-19-11-4-12-20-26/h1-20,22H,21H2,(H,32,33)(H,35,36). The van der Waals surface area contributed by atoms with Crippen molar-refractivity contribution in [3.8, 4) is 0 Å². The molecule has 5 aromatic rings. The van der Waals surface area contributed by atoms with Gasteiger partial charge in [-0.05, 0) is 22.3 Å². The van der Waals surface area contributed by atoms with Gasteiger partial charge in [-0.1, -0.05) is 126 Å². The van der Waals surface area contributed by atoms with Crippen molar-refractivity contribution in [1.82, 2.24) is 4.98 Å². The van der Waals surface area contributed by atoms with Crippen LogP contribution in [0.3, 0.4) is 0 Å². The number of hydrogen-bond acceptors (Lipinski definition) is 6. The minimum atomic E-state index is -1.21. The lowest BCUT2D eigenvalue weighted by Crippen LogP contribution is -2.38. The molecule has 1 aromatic heterocycles. The number of carboxylic acid groups (broad SMARTS) is 1. The number of hydrogen-bond donors (Lipinski definition) is 2. The average Bonchev–Trinajstić information content (AvgIpc) is 3.43. The lowest BCUT2D eigenvalue weighted by atomic mass is 9.77. The van der Waals surface area contributed by atoms with Gasteiger partial charge in [0.1, 0.15) is 17.8 Å². The summed E-state index contributed by atoms with van der Waals surface area (Å²) >= 11 is 1.31. The van der Waals surface area contributed by atoms with E-state index >= 15 is 0 Å². The van der Waals surface area contributed by atoms with Crippen molar-refractivity contribution >= 4 is 28.1 Å². The summed E-state index contributed by atoms with van der Waals surface area (Å²) < 4.78 is 0. The smallest absolute Gasteiger partial charge is 0.360 e. The summed E-state index contributed by atoms with van der Waals surface area (Å²) in [5, 5.41) is 19.6. The minimum absolute atomic E-state index is 0.159. The van der Waals surface area contributed by atoms with Crippen molar-refractivity contribution in [3.05, 3.63) is 155 Å². The van der Waals surface area contributed by atoms with Crippen LogP contribution in [-0.2, 0) is 21.8 Å². The molecule has 0 aliphatic carbocycles. The van der Waals surface area contributed by atoms with Gasteiger partial charge >= 0.3 is 5.97 Å². The molecule has 0 aliphatic heterocycles. The van der Waals surface area contributed by atoms with Gasteiger partial charge in [-0.2, -0.15) is 0 Å². The zero-order valence-electron chi connectivity index (χ0n) is 20.4. The Bertz CT molecular complexity index is 1410. The van der Waals surface area contributed by atoms with Crippen LogP contribution in [0.15, 0.2) is 132 Å². The molecule has 188 valence electrons. The van der Waals surface area contributed by atoms with Gasteiger partial charge in [0.25, 0.3) is 0 Å². The third-order valence-electron chi connectivity index (χ3n) is 6.09. The van der Waals surface area contributed by atoms with Gasteiger partial charge in [0, 0.05) is 5.38 Å². The van der Waals surface area contributed by atoms with Gasteiger partial charge in [-0.25, -0.2) is 9.78 Å². The number of aromatic nitrogens is 1. The number of nitrogens with one attached hydrogen (secondary N) is 1. The average molecular weight is 520 g/mol. The van der Waals surface area contributed by atoms with Gasteiger partial charge in [-0.15, -0.1) is 11.3 Å². The number of rotatable bonds is 10. The fraction of sp³-hybridized carbons (Fsp3) is 0.0645. The second-order valence-corrected chi connectivity index (χ2v) is 9.37. The van der Waals surface area contributed by atoms with Gasteiger partial charge in [0.15, 0.2) is 5.13 Å². The summed E-state index contributed by atoms with van der Waals surface area (Å²) in [6.07, 6.45) is 0. The van der Waals surface area contributed by atoms with Crippen molar-refractivity contribution in [2.75, 3.05) is 5.32 Å². The summed E-state index contributed by atoms with van der Waals surface area (Å²) in [6, 6.07) is 39.9. The summed E-state index contributed by atoms with van der Waals surface area (Å²) in [5.74, 6) is -1.21. The highest BCUT2D eigenvalue weighted by atomic mass is 32.1. The topological polar surface area (TPSA) is 83.8 Å². The predicted molar refractivity (Wildman–Crippen MR) is 150 cm³/mol. The Hall–Kier alpha value is -4.75. The summed E-state index contributed by atoms with van der Waals surface area (Å²) in [7, 11) is 0. The number of carbonyl (C=O) groups is 1. The fourth-order valence-corrected chi connectivity index (χ4v) is 5.07. The molecule has 6 nitrogen and oxygen atoms in total. The van der Waals surface area contributed by atoms with Gasteiger partial charge < -0.3 is 15.3 Å². The van der Waals surface area contributed by atoms with Gasteiger partial charge in [0.05, 0.1) is 0 Å². The maximum absolute atomic E-state index is 12.0. The van der Waals surface area contributed by atoms with Gasteiger partial charge in [0.2, 0.25) is 5.71 Å². The third kappa shape index (κ3) is 5.33. The second-order valence-electron chi connectivity index (χ2n) is 8.52. The van der Waals surface area contributed by atoms with E-state index in [1.54, 1.807) is 5.38 Å². The van der Waals surface area contributed by atoms with Crippen LogP contribution in [0.25, 0.3) is 0 Å². The Morgan fingerprint density at radius 1 is 0.789 bits per heavy atom. The molecular weight excluding hydrogens is 494 g/mol. The van der Waals surface area contributed by atoms with Crippen LogP contribution in [0.2, 0.25) is 0 Å². The number of carboxylic acids is 1. The zero-order chi connectivity index (χ0) is 26.2. The van der Waals surface area contributed by atoms with Crippen molar-refractivity contribution in [3.63, 3.8) is 0 Å². The van der Waals surface area contributed by atoms with E-state index in [1.165, 1.54) is 11.3 Å². The van der Waals surface area contributed by atoms with Crippen molar-refractivity contribution in [1.29, 1.82) is 0 Å². The largest absolute Gasteiger partial charge is 0.476 e. The van der Waals surface area contributed by atoms with Crippen molar-refractivity contribution in [2.45, 2.75) is 12.1 Å². The fourth-order valence-electron chi connectivity index (χ4n) is 4.32. The lowest BCUT2D eigenvalue weighted by Gasteiger charge is -2.36. The molecule has 0 amide bonds. The van der Waals surface area contributed by atoms with Crippen LogP contribution < -0.4 is 5.32 Å². The van der Waals surface area contributed by atoms with Crippen LogP contribution in [0, 0.1) is 0 Å². The van der Waals surface area contributed by atoms with E-state index in [2.05, 4.69) is 51.9 Å². The van der Waals surface area contributed by atoms with E-state index in [1.807, 2.05) is 84.9 Å². The molecule has 7 heteroatoms. The molecule has 0 spiro atoms. The maximum Gasteiger partial charge on any atom is 0.360 e. The molecular formula is C31H25N3O3S. The highest BCUT2D eigenvalue weighted by molar-refractivity contribution is 7.14. The molecule has 4 aromatic carbocycles. The van der Waals surface area contributed by atoms with E-state index in [9.17, 15) is 9.90 Å². The molecule has 0 bridgehead atoms. The molecule has 0 fully saturated rings. The quantitative estimate of drug-likeness (QED) is 0.124. The first-order valence-electron chi connectivity index (χ1n) is 12.0. The normalized spacial score (nSPS) is 11.6. The van der Waals surface area contributed by atoms with Gasteiger partial charge in [-0.3, -0.25) is 0 Å². The van der Waals surface area contributed by atoms with Crippen LogP contribution in [-0.4, -0.2) is 21.8 Å². The van der Waals surface area contributed by atoms with E-state index in [0.29, 0.717) is 5.13 Å². The lowest BCUT2D eigenvalue weighted by molar-refractivity contribution is -0.129. The maximum atomic E-state index is 12.0. The summed E-state index contributed by atoms with van der Waals surface area (Å²) in [4.78, 5) is 22.0. The first-order valence-corrected chi connectivity index (χ1v) is 12.9. The molecule has 0 unspecified atom stereocenters. The monoisotopic (exact) mass is 519 g/mol. The van der Waals surface area contributed by atoms with E-state index in [4.69, 9.17) is 4.84 Å². The van der Waals surface area contributed by atoms with Crippen LogP contribution >= 0.6 is 11.3 Å². The van der Waals surface area contributed by atoms with Crippen LogP contribution in [0.1, 0.15) is 27.9 Å². The van der Waals surface area contributed by atoms with E-state index in [0.717, 1.165) is 22.3 Å². The van der Waals surface area contributed by atoms with Crippen LogP contribution in [0.5, 0.6) is 0 Å². The summed E-state index contributed by atoms with van der Waals surface area (Å²) in [5.41, 5.74) is 3.15. The Labute approximate surface area is 224 Å². The first-order chi connectivity index (χ1) is 18.7. The number of benzene rings is 4. The first kappa shape index (κ1) is 24.9. The number of oxime groups is 1. The molecule has 0 atom stereocenters. The molecule has 5 rings (SSSR count). The second kappa shape index (κ2) is 11.5. The third-order valence-corrected chi connectivity index (χ3v) is 6.85. The number of nitrogens with zero attached hydrogens (tertiary/aromatic N) is 2. The Morgan fingerprint density at radius 2 is 1.26 bits per heavy atom. The molecule has 0 saturated heterocycles. The Balaban J connectivity index is 1.53. The predicted octanol–water partition coefficient (Wildman–Crippen LogP) is 6.55. The van der Waals surface area contributed by atoms with Crippen LogP contribution in [0.4, 0.5) is 5.13 Å². The molecule has 0 saturated carbocycles. The molecule has 0 aliphatic rings. The Morgan fingerprint density at radius 3 is 1.74 bits per heavy atom. The highest BCUT2D eigenvalue weighted by Gasteiger charge is 2.37. The minimum Gasteiger partial charge on any atom is -0.476 e. The molecule has 1 heterocycles. The van der Waals surface area contributed by atoms with Crippen molar-refractivity contribution in [2.24, 2.45) is 5.16 Å².